The van der Waals surface area contributed by atoms with Crippen molar-refractivity contribution in [1.82, 2.24) is 14.9 Å². The number of nitrogens with zero attached hydrogens (tertiary/aromatic N) is 1. The summed E-state index contributed by atoms with van der Waals surface area (Å²) in [4.78, 5) is 2.25. The summed E-state index contributed by atoms with van der Waals surface area (Å²) in [7, 11) is 0.397. The third-order valence-electron chi connectivity index (χ3n) is 2.77. The van der Waals surface area contributed by atoms with E-state index in [9.17, 15) is 8.42 Å². The molecule has 0 amide bonds. The Labute approximate surface area is 122 Å². The van der Waals surface area contributed by atoms with Crippen molar-refractivity contribution in [2.75, 3.05) is 27.2 Å². The monoisotopic (exact) mass is 299 g/mol. The van der Waals surface area contributed by atoms with E-state index in [2.05, 4.69) is 23.9 Å². The SMILES string of the molecule is CC(C)NCc1cccc(S(=O)(=O)NCCN(C)C)c1. The number of hydrogen-bond donors (Lipinski definition) is 2. The van der Waals surface area contributed by atoms with Crippen molar-refractivity contribution in [3.05, 3.63) is 29.8 Å². The minimum absolute atomic E-state index is 0.319. The Morgan fingerprint density at radius 2 is 1.95 bits per heavy atom. The van der Waals surface area contributed by atoms with Gasteiger partial charge in [-0.15, -0.1) is 0 Å². The third kappa shape index (κ3) is 6.00. The highest BCUT2D eigenvalue weighted by molar-refractivity contribution is 7.89. The minimum Gasteiger partial charge on any atom is -0.310 e. The number of likely N-dealkylation sites (N-methyl/N-ethyl adjacent to an activating group) is 1. The summed E-state index contributed by atoms with van der Waals surface area (Å²) < 4.78 is 26.9. The highest BCUT2D eigenvalue weighted by Gasteiger charge is 2.13. The average Bonchev–Trinajstić information content (AvgIpc) is 2.36. The lowest BCUT2D eigenvalue weighted by Gasteiger charge is -2.12. The van der Waals surface area contributed by atoms with E-state index in [1.807, 2.05) is 25.1 Å². The summed E-state index contributed by atoms with van der Waals surface area (Å²) in [6.07, 6.45) is 0. The predicted octanol–water partition coefficient (Wildman–Crippen LogP) is 1.02. The van der Waals surface area contributed by atoms with Gasteiger partial charge in [0.2, 0.25) is 10.0 Å². The molecule has 1 aromatic rings. The quantitative estimate of drug-likeness (QED) is 0.752. The van der Waals surface area contributed by atoms with Crippen LogP contribution in [0.15, 0.2) is 29.2 Å². The van der Waals surface area contributed by atoms with Gasteiger partial charge in [0.1, 0.15) is 0 Å². The van der Waals surface area contributed by atoms with Crippen LogP contribution in [0, 0.1) is 0 Å². The molecule has 0 aromatic heterocycles. The van der Waals surface area contributed by atoms with Crippen molar-refractivity contribution in [3.8, 4) is 0 Å². The maximum absolute atomic E-state index is 12.2. The molecule has 0 saturated carbocycles. The molecule has 0 fully saturated rings. The van der Waals surface area contributed by atoms with E-state index in [1.54, 1.807) is 18.2 Å². The lowest BCUT2D eigenvalue weighted by atomic mass is 10.2. The maximum atomic E-state index is 12.2. The second-order valence-electron chi connectivity index (χ2n) is 5.38. The van der Waals surface area contributed by atoms with Crippen LogP contribution in [0.25, 0.3) is 0 Å². The van der Waals surface area contributed by atoms with E-state index in [0.717, 1.165) is 5.56 Å². The molecular formula is C14H25N3O2S. The molecule has 1 rings (SSSR count). The molecule has 0 saturated heterocycles. The molecule has 0 unspecified atom stereocenters. The summed E-state index contributed by atoms with van der Waals surface area (Å²) in [6, 6.07) is 7.41. The highest BCUT2D eigenvalue weighted by Crippen LogP contribution is 2.11. The molecular weight excluding hydrogens is 274 g/mol. The molecule has 0 radical (unpaired) electrons. The Bertz CT molecular complexity index is 513. The normalized spacial score (nSPS) is 12.3. The third-order valence-corrected chi connectivity index (χ3v) is 4.23. The minimum atomic E-state index is -3.42. The molecule has 2 N–H and O–H groups in total. The lowest BCUT2D eigenvalue weighted by molar-refractivity contribution is 0.412. The van der Waals surface area contributed by atoms with Crippen molar-refractivity contribution in [2.45, 2.75) is 31.3 Å². The Balaban J connectivity index is 2.72. The highest BCUT2D eigenvalue weighted by atomic mass is 32.2. The van der Waals surface area contributed by atoms with Gasteiger partial charge in [0, 0.05) is 25.7 Å². The fourth-order valence-electron chi connectivity index (χ4n) is 1.63. The van der Waals surface area contributed by atoms with Crippen LogP contribution in [0.4, 0.5) is 0 Å². The van der Waals surface area contributed by atoms with E-state index in [0.29, 0.717) is 30.6 Å². The smallest absolute Gasteiger partial charge is 0.240 e. The van der Waals surface area contributed by atoms with Crippen LogP contribution in [-0.2, 0) is 16.6 Å². The van der Waals surface area contributed by atoms with Gasteiger partial charge in [-0.3, -0.25) is 0 Å². The first-order valence-corrected chi connectivity index (χ1v) is 8.26. The summed E-state index contributed by atoms with van der Waals surface area (Å²) in [5, 5.41) is 3.28. The van der Waals surface area contributed by atoms with E-state index in [1.165, 1.54) is 0 Å². The van der Waals surface area contributed by atoms with Crippen LogP contribution in [-0.4, -0.2) is 46.5 Å². The first-order chi connectivity index (χ1) is 9.31. The molecule has 0 aliphatic rings. The molecule has 20 heavy (non-hydrogen) atoms. The standard InChI is InChI=1S/C14H25N3O2S/c1-12(2)15-11-13-6-5-7-14(10-13)20(18,19)16-8-9-17(3)4/h5-7,10,12,15-16H,8-9,11H2,1-4H3. The zero-order valence-corrected chi connectivity index (χ0v) is 13.5. The number of rotatable bonds is 8. The first-order valence-electron chi connectivity index (χ1n) is 6.78. The lowest BCUT2D eigenvalue weighted by Crippen LogP contribution is -2.31. The van der Waals surface area contributed by atoms with Gasteiger partial charge in [-0.2, -0.15) is 0 Å². The van der Waals surface area contributed by atoms with Crippen LogP contribution in [0.3, 0.4) is 0 Å². The summed E-state index contributed by atoms with van der Waals surface area (Å²) in [5.74, 6) is 0. The Morgan fingerprint density at radius 3 is 2.55 bits per heavy atom. The number of nitrogens with one attached hydrogen (secondary N) is 2. The van der Waals surface area contributed by atoms with Gasteiger partial charge in [-0.1, -0.05) is 26.0 Å². The molecule has 0 bridgehead atoms. The van der Waals surface area contributed by atoms with Crippen LogP contribution in [0.2, 0.25) is 0 Å². The van der Waals surface area contributed by atoms with Crippen molar-refractivity contribution in [2.24, 2.45) is 0 Å². The van der Waals surface area contributed by atoms with Crippen molar-refractivity contribution in [1.29, 1.82) is 0 Å². The van der Waals surface area contributed by atoms with Crippen molar-refractivity contribution in [3.63, 3.8) is 0 Å². The van der Waals surface area contributed by atoms with E-state index < -0.39 is 10.0 Å². The Kier molecular flexibility index (Phi) is 6.61. The Morgan fingerprint density at radius 1 is 1.25 bits per heavy atom. The van der Waals surface area contributed by atoms with E-state index in [-0.39, 0.29) is 0 Å². The average molecular weight is 299 g/mol. The second-order valence-corrected chi connectivity index (χ2v) is 7.15. The molecule has 0 atom stereocenters. The van der Waals surface area contributed by atoms with Gasteiger partial charge in [-0.05, 0) is 31.8 Å². The summed E-state index contributed by atoms with van der Waals surface area (Å²) >= 11 is 0. The first kappa shape index (κ1) is 17.1. The number of hydrogen-bond acceptors (Lipinski definition) is 4. The van der Waals surface area contributed by atoms with E-state index >= 15 is 0 Å². The van der Waals surface area contributed by atoms with Crippen LogP contribution in [0.5, 0.6) is 0 Å². The van der Waals surface area contributed by atoms with Gasteiger partial charge in [0.05, 0.1) is 4.90 Å². The molecule has 5 nitrogen and oxygen atoms in total. The predicted molar refractivity (Wildman–Crippen MR) is 82.2 cm³/mol. The van der Waals surface area contributed by atoms with Gasteiger partial charge < -0.3 is 10.2 Å². The zero-order chi connectivity index (χ0) is 15.2. The number of benzene rings is 1. The van der Waals surface area contributed by atoms with Crippen LogP contribution < -0.4 is 10.0 Å². The maximum Gasteiger partial charge on any atom is 0.240 e. The molecule has 0 aliphatic heterocycles. The van der Waals surface area contributed by atoms with Gasteiger partial charge >= 0.3 is 0 Å². The number of sulfonamides is 1. The van der Waals surface area contributed by atoms with Gasteiger partial charge in [0.25, 0.3) is 0 Å². The molecule has 0 heterocycles. The van der Waals surface area contributed by atoms with Gasteiger partial charge in [0.15, 0.2) is 0 Å². The summed E-state index contributed by atoms with van der Waals surface area (Å²) in [5.41, 5.74) is 0.967. The summed E-state index contributed by atoms with van der Waals surface area (Å²) in [6.45, 7) is 5.86. The van der Waals surface area contributed by atoms with Crippen molar-refractivity contribution < 1.29 is 8.42 Å². The molecule has 114 valence electrons. The Hall–Kier alpha value is -0.950. The molecule has 0 spiro atoms. The largest absolute Gasteiger partial charge is 0.310 e. The zero-order valence-electron chi connectivity index (χ0n) is 12.7. The van der Waals surface area contributed by atoms with Crippen molar-refractivity contribution >= 4 is 10.0 Å². The van der Waals surface area contributed by atoms with Gasteiger partial charge in [-0.25, -0.2) is 13.1 Å². The fourth-order valence-corrected chi connectivity index (χ4v) is 2.72. The fraction of sp³-hybridized carbons (Fsp3) is 0.571. The molecule has 0 aliphatic carbocycles. The molecule has 1 aromatic carbocycles. The van der Waals surface area contributed by atoms with E-state index in [4.69, 9.17) is 0 Å². The topological polar surface area (TPSA) is 61.4 Å². The molecule has 6 heteroatoms. The second kappa shape index (κ2) is 7.73. The van der Waals surface area contributed by atoms with Crippen LogP contribution in [0.1, 0.15) is 19.4 Å². The van der Waals surface area contributed by atoms with Crippen LogP contribution >= 0.6 is 0 Å².